The van der Waals surface area contributed by atoms with Crippen LogP contribution in [0.3, 0.4) is 0 Å². The topological polar surface area (TPSA) is 118 Å². The van der Waals surface area contributed by atoms with Crippen molar-refractivity contribution in [2.45, 2.75) is 0 Å². The first-order valence-corrected chi connectivity index (χ1v) is 5.93. The number of nitrogens with one attached hydrogen (secondary N) is 1. The second-order valence-corrected chi connectivity index (χ2v) is 4.39. The van der Waals surface area contributed by atoms with Gasteiger partial charge in [-0.25, -0.2) is 0 Å². The minimum absolute atomic E-state index is 0.0138. The van der Waals surface area contributed by atoms with Crippen molar-refractivity contribution >= 4 is 21.8 Å². The first-order chi connectivity index (χ1) is 9.13. The molecule has 0 aliphatic carbocycles. The molecule has 0 saturated heterocycles. The number of primary amides is 1. The number of carbonyl (C=O) groups is 1. The molecule has 0 fully saturated rings. The predicted octanol–water partition coefficient (Wildman–Crippen LogP) is 1.24. The number of rotatable bonds is 4. The maximum Gasteiger partial charge on any atom is 0.271 e. The second-order valence-electron chi connectivity index (χ2n) is 3.47. The molecule has 7 nitrogen and oxygen atoms in total. The van der Waals surface area contributed by atoms with Crippen LogP contribution >= 0.6 is 15.9 Å². The summed E-state index contributed by atoms with van der Waals surface area (Å²) >= 11 is 3.32. The molecule has 0 atom stereocenters. The lowest BCUT2D eigenvalue weighted by atomic mass is 10.1. The lowest BCUT2D eigenvalue weighted by Crippen LogP contribution is -2.13. The minimum Gasteiger partial charge on any atom is -0.478 e. The normalized spacial score (nSPS) is 9.89. The molecule has 2 rings (SSSR count). The molecule has 2 aromatic rings. The number of nitrogens with two attached hydrogens (primary N) is 1. The van der Waals surface area contributed by atoms with Crippen LogP contribution in [0, 0.1) is 11.3 Å². The van der Waals surface area contributed by atoms with Crippen LogP contribution in [-0.2, 0) is 0 Å². The van der Waals surface area contributed by atoms with E-state index >= 15 is 0 Å². The van der Waals surface area contributed by atoms with Gasteiger partial charge in [0, 0.05) is 10.0 Å². The van der Waals surface area contributed by atoms with E-state index in [2.05, 4.69) is 31.3 Å². The smallest absolute Gasteiger partial charge is 0.271 e. The highest BCUT2D eigenvalue weighted by molar-refractivity contribution is 9.10. The van der Waals surface area contributed by atoms with Crippen molar-refractivity contribution in [1.82, 2.24) is 15.4 Å². The summed E-state index contributed by atoms with van der Waals surface area (Å²) in [4.78, 5) is 11.3. The third-order valence-corrected chi connectivity index (χ3v) is 2.76. The SMILES string of the molecule is N#CCOc1ccc(Br)cc1-c1n[nH]nc1C(N)=O. The van der Waals surface area contributed by atoms with Crippen LogP contribution in [0.2, 0.25) is 0 Å². The summed E-state index contributed by atoms with van der Waals surface area (Å²) in [7, 11) is 0. The number of aromatic amines is 1. The van der Waals surface area contributed by atoms with Crippen LogP contribution in [0.1, 0.15) is 10.5 Å². The van der Waals surface area contributed by atoms with Crippen molar-refractivity contribution < 1.29 is 9.53 Å². The minimum atomic E-state index is -0.699. The van der Waals surface area contributed by atoms with E-state index in [-0.39, 0.29) is 18.0 Å². The van der Waals surface area contributed by atoms with Gasteiger partial charge in [0.05, 0.1) is 0 Å². The summed E-state index contributed by atoms with van der Waals surface area (Å²) in [5.41, 5.74) is 6.03. The molecule has 8 heteroatoms. The second kappa shape index (κ2) is 5.49. The lowest BCUT2D eigenvalue weighted by Gasteiger charge is -2.08. The van der Waals surface area contributed by atoms with E-state index in [0.717, 1.165) is 4.47 Å². The summed E-state index contributed by atoms with van der Waals surface area (Å²) in [6.45, 7) is -0.113. The fraction of sp³-hybridized carbons (Fsp3) is 0.0909. The number of benzene rings is 1. The van der Waals surface area contributed by atoms with Crippen LogP contribution in [-0.4, -0.2) is 27.9 Å². The quantitative estimate of drug-likeness (QED) is 0.878. The third-order valence-electron chi connectivity index (χ3n) is 2.27. The molecule has 1 aromatic carbocycles. The number of ether oxygens (including phenoxy) is 1. The van der Waals surface area contributed by atoms with Gasteiger partial charge in [-0.15, -0.1) is 0 Å². The largest absolute Gasteiger partial charge is 0.478 e. The Morgan fingerprint density at radius 3 is 3.00 bits per heavy atom. The highest BCUT2D eigenvalue weighted by Crippen LogP contribution is 2.32. The van der Waals surface area contributed by atoms with Crippen molar-refractivity contribution in [3.05, 3.63) is 28.4 Å². The van der Waals surface area contributed by atoms with E-state index in [1.165, 1.54) is 0 Å². The van der Waals surface area contributed by atoms with Gasteiger partial charge in [0.2, 0.25) is 0 Å². The summed E-state index contributed by atoms with van der Waals surface area (Å²) in [5, 5.41) is 18.5. The molecule has 0 bridgehead atoms. The number of carbonyl (C=O) groups excluding carboxylic acids is 1. The zero-order chi connectivity index (χ0) is 13.8. The van der Waals surface area contributed by atoms with Crippen molar-refractivity contribution in [3.63, 3.8) is 0 Å². The Morgan fingerprint density at radius 2 is 2.32 bits per heavy atom. The highest BCUT2D eigenvalue weighted by Gasteiger charge is 2.19. The average Bonchev–Trinajstić information content (AvgIpc) is 2.86. The number of H-pyrrole nitrogens is 1. The number of nitriles is 1. The van der Waals surface area contributed by atoms with E-state index in [0.29, 0.717) is 11.3 Å². The Bertz CT molecular complexity index is 661. The van der Waals surface area contributed by atoms with Gasteiger partial charge in [-0.05, 0) is 18.2 Å². The fourth-order valence-electron chi connectivity index (χ4n) is 1.51. The molecule has 1 amide bonds. The van der Waals surface area contributed by atoms with Gasteiger partial charge in [-0.1, -0.05) is 15.9 Å². The molecule has 0 aliphatic heterocycles. The number of nitrogens with zero attached hydrogens (tertiary/aromatic N) is 3. The van der Waals surface area contributed by atoms with Crippen LogP contribution in [0.5, 0.6) is 5.75 Å². The van der Waals surface area contributed by atoms with E-state index in [1.807, 2.05) is 6.07 Å². The molecule has 19 heavy (non-hydrogen) atoms. The molecular weight excluding hydrogens is 314 g/mol. The molecule has 0 unspecified atom stereocenters. The maximum atomic E-state index is 11.3. The highest BCUT2D eigenvalue weighted by atomic mass is 79.9. The van der Waals surface area contributed by atoms with Gasteiger partial charge in [0.15, 0.2) is 12.3 Å². The monoisotopic (exact) mass is 321 g/mol. The van der Waals surface area contributed by atoms with E-state index in [9.17, 15) is 4.79 Å². The summed E-state index contributed by atoms with van der Waals surface area (Å²) < 4.78 is 6.05. The first-order valence-electron chi connectivity index (χ1n) is 5.13. The maximum absolute atomic E-state index is 11.3. The van der Waals surface area contributed by atoms with Gasteiger partial charge < -0.3 is 10.5 Å². The Hall–Kier alpha value is -2.40. The number of aromatic nitrogens is 3. The molecule has 0 radical (unpaired) electrons. The van der Waals surface area contributed by atoms with Crippen LogP contribution in [0.15, 0.2) is 22.7 Å². The Labute approximate surface area is 116 Å². The third kappa shape index (κ3) is 2.71. The predicted molar refractivity (Wildman–Crippen MR) is 69.1 cm³/mol. The number of amides is 1. The molecule has 0 saturated carbocycles. The molecule has 96 valence electrons. The Morgan fingerprint density at radius 1 is 1.53 bits per heavy atom. The molecule has 0 aliphatic rings. The fourth-order valence-corrected chi connectivity index (χ4v) is 1.87. The standard InChI is InChI=1S/C11H8BrN5O2/c12-6-1-2-8(19-4-3-13)7(5-6)9-10(11(14)18)16-17-15-9/h1-2,5H,4H2,(H2,14,18)(H,15,16,17). The van der Waals surface area contributed by atoms with Gasteiger partial charge in [0.1, 0.15) is 17.5 Å². The molecular formula is C11H8BrN5O2. The van der Waals surface area contributed by atoms with Crippen molar-refractivity contribution in [2.75, 3.05) is 6.61 Å². The van der Waals surface area contributed by atoms with Gasteiger partial charge in [-0.2, -0.15) is 20.7 Å². The van der Waals surface area contributed by atoms with Gasteiger partial charge in [-0.3, -0.25) is 4.79 Å². The van der Waals surface area contributed by atoms with E-state index < -0.39 is 5.91 Å². The van der Waals surface area contributed by atoms with Crippen molar-refractivity contribution in [2.24, 2.45) is 5.73 Å². The molecule has 1 heterocycles. The van der Waals surface area contributed by atoms with Crippen molar-refractivity contribution in [1.29, 1.82) is 5.26 Å². The number of hydrogen-bond donors (Lipinski definition) is 2. The van der Waals surface area contributed by atoms with Crippen molar-refractivity contribution in [3.8, 4) is 23.1 Å². The molecule has 0 spiro atoms. The summed E-state index contributed by atoms with van der Waals surface area (Å²) in [6.07, 6.45) is 0. The van der Waals surface area contributed by atoms with Gasteiger partial charge >= 0.3 is 0 Å². The Balaban J connectivity index is 2.53. The van der Waals surface area contributed by atoms with Crippen LogP contribution in [0.25, 0.3) is 11.3 Å². The van der Waals surface area contributed by atoms with E-state index in [4.69, 9.17) is 15.7 Å². The summed E-state index contributed by atoms with van der Waals surface area (Å²) in [5.74, 6) is -0.281. The van der Waals surface area contributed by atoms with E-state index in [1.54, 1.807) is 18.2 Å². The Kier molecular flexibility index (Phi) is 3.77. The zero-order valence-corrected chi connectivity index (χ0v) is 11.1. The average molecular weight is 322 g/mol. The lowest BCUT2D eigenvalue weighted by molar-refractivity contribution is 0.0996. The number of halogens is 1. The summed E-state index contributed by atoms with van der Waals surface area (Å²) in [6, 6.07) is 6.99. The van der Waals surface area contributed by atoms with Gasteiger partial charge in [0.25, 0.3) is 5.91 Å². The zero-order valence-electron chi connectivity index (χ0n) is 9.55. The first kappa shape index (κ1) is 13.0. The van der Waals surface area contributed by atoms with Crippen LogP contribution < -0.4 is 10.5 Å². The molecule has 3 N–H and O–H groups in total. The van der Waals surface area contributed by atoms with Crippen LogP contribution in [0.4, 0.5) is 0 Å². The number of hydrogen-bond acceptors (Lipinski definition) is 5. The molecule has 1 aromatic heterocycles.